The molecule has 0 saturated carbocycles. The van der Waals surface area contributed by atoms with Crippen molar-refractivity contribution in [2.75, 3.05) is 18.0 Å². The number of ether oxygens (including phenoxy) is 1. The molecule has 2 heterocycles. The number of nitrogens with one attached hydrogen (secondary N) is 1. The van der Waals surface area contributed by atoms with E-state index < -0.39 is 6.09 Å². The molecule has 1 aromatic carbocycles. The first-order valence-electron chi connectivity index (χ1n) is 8.33. The molecule has 1 saturated heterocycles. The molecular formula is C18H21ClN4O2. The number of aromatic nitrogens is 2. The van der Waals surface area contributed by atoms with E-state index in [4.69, 9.17) is 16.3 Å². The second-order valence-corrected chi connectivity index (χ2v) is 6.47. The maximum atomic E-state index is 12.0. The van der Waals surface area contributed by atoms with Crippen LogP contribution in [-0.4, -0.2) is 35.2 Å². The largest absolute Gasteiger partial charge is 0.445 e. The van der Waals surface area contributed by atoms with Crippen molar-refractivity contribution in [3.63, 3.8) is 0 Å². The van der Waals surface area contributed by atoms with Crippen LogP contribution in [0.5, 0.6) is 0 Å². The number of alkyl carbamates (subject to hydrolysis) is 1. The summed E-state index contributed by atoms with van der Waals surface area (Å²) in [7, 11) is 0. The van der Waals surface area contributed by atoms with Gasteiger partial charge in [0.05, 0.1) is 0 Å². The Morgan fingerprint density at radius 2 is 2.16 bits per heavy atom. The Morgan fingerprint density at radius 1 is 1.36 bits per heavy atom. The summed E-state index contributed by atoms with van der Waals surface area (Å²) in [6.07, 6.45) is 1.48. The predicted octanol–water partition coefficient (Wildman–Crippen LogP) is 3.33. The molecule has 1 aromatic heterocycles. The summed E-state index contributed by atoms with van der Waals surface area (Å²) < 4.78 is 5.29. The number of benzene rings is 1. The number of nitrogens with zero attached hydrogens (tertiary/aromatic N) is 3. The number of halogens is 1. The van der Waals surface area contributed by atoms with Crippen LogP contribution in [-0.2, 0) is 11.3 Å². The summed E-state index contributed by atoms with van der Waals surface area (Å²) in [5.41, 5.74) is 1.79. The van der Waals surface area contributed by atoms with Gasteiger partial charge in [0.2, 0.25) is 5.28 Å². The SMILES string of the molecule is Cc1cc(N2CCC[C@H](NC(=O)OCc3ccccc3)C2)nc(Cl)n1. The number of piperidine rings is 1. The van der Waals surface area contributed by atoms with Crippen molar-refractivity contribution >= 4 is 23.5 Å². The average molecular weight is 361 g/mol. The number of aryl methyl sites for hydroxylation is 1. The zero-order valence-corrected chi connectivity index (χ0v) is 14.9. The van der Waals surface area contributed by atoms with E-state index in [0.29, 0.717) is 6.54 Å². The second kappa shape index (κ2) is 8.16. The third-order valence-electron chi connectivity index (χ3n) is 4.09. The van der Waals surface area contributed by atoms with Gasteiger partial charge in [-0.05, 0) is 36.9 Å². The Labute approximate surface area is 152 Å². The molecule has 1 amide bonds. The molecule has 0 unspecified atom stereocenters. The van der Waals surface area contributed by atoms with Crippen molar-refractivity contribution in [3.05, 3.63) is 52.9 Å². The fraction of sp³-hybridized carbons (Fsp3) is 0.389. The molecule has 0 bridgehead atoms. The average Bonchev–Trinajstić information content (AvgIpc) is 2.60. The highest BCUT2D eigenvalue weighted by Gasteiger charge is 2.23. The molecule has 6 nitrogen and oxygen atoms in total. The number of hydrogen-bond acceptors (Lipinski definition) is 5. The van der Waals surface area contributed by atoms with Gasteiger partial charge in [-0.1, -0.05) is 30.3 Å². The molecular weight excluding hydrogens is 340 g/mol. The zero-order chi connectivity index (χ0) is 17.6. The van der Waals surface area contributed by atoms with Crippen LogP contribution in [0.1, 0.15) is 24.1 Å². The number of amides is 1. The van der Waals surface area contributed by atoms with Gasteiger partial charge < -0.3 is 15.0 Å². The minimum atomic E-state index is -0.396. The Kier molecular flexibility index (Phi) is 5.71. The predicted molar refractivity (Wildman–Crippen MR) is 96.8 cm³/mol. The second-order valence-electron chi connectivity index (χ2n) is 6.13. The quantitative estimate of drug-likeness (QED) is 0.847. The third-order valence-corrected chi connectivity index (χ3v) is 4.26. The Morgan fingerprint density at radius 3 is 2.92 bits per heavy atom. The first-order valence-corrected chi connectivity index (χ1v) is 8.71. The molecule has 0 radical (unpaired) electrons. The van der Waals surface area contributed by atoms with Gasteiger partial charge in [0.25, 0.3) is 0 Å². The summed E-state index contributed by atoms with van der Waals surface area (Å²) in [6, 6.07) is 11.6. The zero-order valence-electron chi connectivity index (χ0n) is 14.1. The topological polar surface area (TPSA) is 67.4 Å². The van der Waals surface area contributed by atoms with E-state index in [1.807, 2.05) is 43.3 Å². The molecule has 0 aliphatic carbocycles. The lowest BCUT2D eigenvalue weighted by Crippen LogP contribution is -2.48. The number of rotatable bonds is 4. The molecule has 1 N–H and O–H groups in total. The van der Waals surface area contributed by atoms with E-state index >= 15 is 0 Å². The lowest BCUT2D eigenvalue weighted by molar-refractivity contribution is 0.134. The van der Waals surface area contributed by atoms with Crippen molar-refractivity contribution in [1.82, 2.24) is 15.3 Å². The van der Waals surface area contributed by atoms with Crippen molar-refractivity contribution in [1.29, 1.82) is 0 Å². The molecule has 132 valence electrons. The fourth-order valence-corrected chi connectivity index (χ4v) is 3.13. The number of carbonyl (C=O) groups is 1. The Bertz CT molecular complexity index is 706. The molecule has 0 spiro atoms. The van der Waals surface area contributed by atoms with Crippen LogP contribution in [0.25, 0.3) is 0 Å². The summed E-state index contributed by atoms with van der Waals surface area (Å²) in [5, 5.41) is 3.18. The van der Waals surface area contributed by atoms with E-state index in [1.165, 1.54) is 0 Å². The van der Waals surface area contributed by atoms with Crippen molar-refractivity contribution in [3.8, 4) is 0 Å². The highest BCUT2D eigenvalue weighted by atomic mass is 35.5. The van der Waals surface area contributed by atoms with Gasteiger partial charge in [-0.25, -0.2) is 14.8 Å². The molecule has 1 atom stereocenters. The first kappa shape index (κ1) is 17.5. The van der Waals surface area contributed by atoms with Gasteiger partial charge in [-0.3, -0.25) is 0 Å². The van der Waals surface area contributed by atoms with E-state index in [2.05, 4.69) is 20.2 Å². The maximum Gasteiger partial charge on any atom is 0.407 e. The van der Waals surface area contributed by atoms with E-state index in [1.54, 1.807) is 0 Å². The standard InChI is InChI=1S/C18H21ClN4O2/c1-13-10-16(22-17(19)20-13)23-9-5-8-15(11-23)21-18(24)25-12-14-6-3-2-4-7-14/h2-4,6-7,10,15H,5,8-9,11-12H2,1H3,(H,21,24)/t15-/m0/s1. The Hall–Kier alpha value is -2.34. The summed E-state index contributed by atoms with van der Waals surface area (Å²) in [5.74, 6) is 0.793. The van der Waals surface area contributed by atoms with Crippen LogP contribution >= 0.6 is 11.6 Å². The fourth-order valence-electron chi connectivity index (χ4n) is 2.91. The Balaban J connectivity index is 1.53. The highest BCUT2D eigenvalue weighted by Crippen LogP contribution is 2.20. The molecule has 1 aliphatic heterocycles. The van der Waals surface area contributed by atoms with Crippen LogP contribution in [0, 0.1) is 6.92 Å². The van der Waals surface area contributed by atoms with E-state index in [0.717, 1.165) is 36.5 Å². The number of anilines is 1. The van der Waals surface area contributed by atoms with Crippen LogP contribution in [0.3, 0.4) is 0 Å². The highest BCUT2D eigenvalue weighted by molar-refractivity contribution is 6.28. The van der Waals surface area contributed by atoms with Gasteiger partial charge in [-0.2, -0.15) is 0 Å². The molecule has 25 heavy (non-hydrogen) atoms. The van der Waals surface area contributed by atoms with Gasteiger partial charge in [0.15, 0.2) is 0 Å². The van der Waals surface area contributed by atoms with Crippen LogP contribution < -0.4 is 10.2 Å². The summed E-state index contributed by atoms with van der Waals surface area (Å²) in [6.45, 7) is 3.71. The summed E-state index contributed by atoms with van der Waals surface area (Å²) >= 11 is 5.95. The van der Waals surface area contributed by atoms with Gasteiger partial charge >= 0.3 is 6.09 Å². The molecule has 2 aromatic rings. The van der Waals surface area contributed by atoms with Crippen LogP contribution in [0.4, 0.5) is 10.6 Å². The van der Waals surface area contributed by atoms with E-state index in [-0.39, 0.29) is 17.9 Å². The molecule has 1 fully saturated rings. The molecule has 1 aliphatic rings. The van der Waals surface area contributed by atoms with Crippen LogP contribution in [0.2, 0.25) is 5.28 Å². The van der Waals surface area contributed by atoms with Crippen molar-refractivity contribution in [2.24, 2.45) is 0 Å². The van der Waals surface area contributed by atoms with Crippen LogP contribution in [0.15, 0.2) is 36.4 Å². The minimum Gasteiger partial charge on any atom is -0.445 e. The monoisotopic (exact) mass is 360 g/mol. The normalized spacial score (nSPS) is 17.2. The summed E-state index contributed by atoms with van der Waals surface area (Å²) in [4.78, 5) is 22.5. The van der Waals surface area contributed by atoms with Gasteiger partial charge in [-0.15, -0.1) is 0 Å². The van der Waals surface area contributed by atoms with E-state index in [9.17, 15) is 4.79 Å². The smallest absolute Gasteiger partial charge is 0.407 e. The van der Waals surface area contributed by atoms with Crippen molar-refractivity contribution in [2.45, 2.75) is 32.4 Å². The number of carbonyl (C=O) groups excluding carboxylic acids is 1. The van der Waals surface area contributed by atoms with Gasteiger partial charge in [0.1, 0.15) is 12.4 Å². The van der Waals surface area contributed by atoms with Gasteiger partial charge in [0, 0.05) is 30.9 Å². The number of hydrogen-bond donors (Lipinski definition) is 1. The lowest BCUT2D eigenvalue weighted by atomic mass is 10.1. The maximum absolute atomic E-state index is 12.0. The first-order chi connectivity index (χ1) is 12.1. The third kappa shape index (κ3) is 5.06. The lowest BCUT2D eigenvalue weighted by Gasteiger charge is -2.33. The minimum absolute atomic E-state index is 0.0195. The molecule has 7 heteroatoms. The molecule has 3 rings (SSSR count). The van der Waals surface area contributed by atoms with Crippen molar-refractivity contribution < 1.29 is 9.53 Å².